The summed E-state index contributed by atoms with van der Waals surface area (Å²) in [6.45, 7) is 5.74. The average Bonchev–Trinajstić information content (AvgIpc) is 2.60. The molecule has 0 aliphatic rings. The molecule has 132 valence electrons. The van der Waals surface area contributed by atoms with E-state index in [2.05, 4.69) is 20.6 Å². The summed E-state index contributed by atoms with van der Waals surface area (Å²) in [5.74, 6) is -0.674. The molecule has 0 spiro atoms. The number of hydrogen-bond acceptors (Lipinski definition) is 4. The lowest BCUT2D eigenvalue weighted by molar-refractivity contribution is 0.102. The van der Waals surface area contributed by atoms with Crippen molar-refractivity contribution >= 4 is 23.2 Å². The number of nitrogens with zero attached hydrogens (tertiary/aromatic N) is 2. The van der Waals surface area contributed by atoms with Crippen molar-refractivity contribution in [2.45, 2.75) is 20.8 Å². The zero-order chi connectivity index (χ0) is 18.7. The number of para-hydroxylation sites is 2. The van der Waals surface area contributed by atoms with Crippen LogP contribution in [0.25, 0.3) is 0 Å². The van der Waals surface area contributed by atoms with Crippen molar-refractivity contribution in [1.82, 2.24) is 9.97 Å². The molecular weight excluding hydrogens is 331 g/mol. The lowest BCUT2D eigenvalue weighted by Gasteiger charge is -2.13. The maximum atomic E-state index is 13.7. The Balaban J connectivity index is 1.88. The van der Waals surface area contributed by atoms with Gasteiger partial charge in [-0.3, -0.25) is 4.79 Å². The van der Waals surface area contributed by atoms with Gasteiger partial charge in [-0.25, -0.2) is 14.4 Å². The van der Waals surface area contributed by atoms with E-state index in [0.29, 0.717) is 11.6 Å². The third-order valence-electron chi connectivity index (χ3n) is 3.93. The Labute approximate surface area is 151 Å². The largest absolute Gasteiger partial charge is 0.324 e. The topological polar surface area (TPSA) is 66.9 Å². The molecule has 0 aliphatic heterocycles. The van der Waals surface area contributed by atoms with Crippen LogP contribution in [0.3, 0.4) is 0 Å². The summed E-state index contributed by atoms with van der Waals surface area (Å²) in [5.41, 5.74) is 3.90. The number of rotatable bonds is 4. The highest BCUT2D eigenvalue weighted by Gasteiger charge is 2.14. The highest BCUT2D eigenvalue weighted by Crippen LogP contribution is 2.23. The molecule has 2 aromatic carbocycles. The summed E-state index contributed by atoms with van der Waals surface area (Å²) in [6, 6.07) is 13.5. The first-order valence-electron chi connectivity index (χ1n) is 8.19. The number of carbonyl (C=O) groups is 1. The monoisotopic (exact) mass is 350 g/mol. The smallest absolute Gasteiger partial charge is 0.274 e. The van der Waals surface area contributed by atoms with Gasteiger partial charge in [-0.15, -0.1) is 0 Å². The van der Waals surface area contributed by atoms with Gasteiger partial charge in [-0.2, -0.15) is 0 Å². The van der Waals surface area contributed by atoms with E-state index in [4.69, 9.17) is 0 Å². The zero-order valence-corrected chi connectivity index (χ0v) is 14.8. The van der Waals surface area contributed by atoms with E-state index in [1.165, 1.54) is 12.1 Å². The number of carbonyl (C=O) groups excluding carboxylic acids is 1. The van der Waals surface area contributed by atoms with Gasteiger partial charge in [0, 0.05) is 11.4 Å². The van der Waals surface area contributed by atoms with Gasteiger partial charge in [0.05, 0.1) is 5.69 Å². The van der Waals surface area contributed by atoms with E-state index in [9.17, 15) is 9.18 Å². The van der Waals surface area contributed by atoms with Crippen molar-refractivity contribution in [3.05, 3.63) is 76.9 Å². The van der Waals surface area contributed by atoms with Crippen LogP contribution in [0.1, 0.15) is 27.3 Å². The predicted molar refractivity (Wildman–Crippen MR) is 100 cm³/mol. The lowest BCUT2D eigenvalue weighted by atomic mass is 10.1. The summed E-state index contributed by atoms with van der Waals surface area (Å²) in [4.78, 5) is 21.1. The summed E-state index contributed by atoms with van der Waals surface area (Å²) in [5, 5.41) is 5.71. The van der Waals surface area contributed by atoms with Gasteiger partial charge in [0.15, 0.2) is 0 Å². The summed E-state index contributed by atoms with van der Waals surface area (Å²) in [7, 11) is 0. The molecule has 3 aromatic rings. The number of halogens is 1. The minimum Gasteiger partial charge on any atom is -0.324 e. The minimum absolute atomic E-state index is 0.109. The van der Waals surface area contributed by atoms with Crippen LogP contribution in [-0.2, 0) is 0 Å². The summed E-state index contributed by atoms with van der Waals surface area (Å²) in [6.07, 6.45) is 0. The molecule has 3 rings (SSSR count). The maximum absolute atomic E-state index is 13.7. The second-order valence-corrected chi connectivity index (χ2v) is 6.04. The fourth-order valence-electron chi connectivity index (χ4n) is 2.61. The quantitative estimate of drug-likeness (QED) is 0.725. The first-order valence-corrected chi connectivity index (χ1v) is 8.19. The Kier molecular flexibility index (Phi) is 4.93. The second-order valence-electron chi connectivity index (χ2n) is 6.04. The van der Waals surface area contributed by atoms with E-state index in [1.807, 2.05) is 32.0 Å². The summed E-state index contributed by atoms with van der Waals surface area (Å²) >= 11 is 0. The molecule has 1 amide bonds. The molecule has 1 aromatic heterocycles. The van der Waals surface area contributed by atoms with E-state index in [-0.39, 0.29) is 11.4 Å². The number of aromatic nitrogens is 2. The molecular formula is C20H19FN4O. The van der Waals surface area contributed by atoms with Crippen molar-refractivity contribution < 1.29 is 9.18 Å². The SMILES string of the molecule is Cc1cc(C(=O)Nc2ccccc2F)nc(Nc2c(C)cccc2C)n1. The molecule has 26 heavy (non-hydrogen) atoms. The number of benzene rings is 2. The van der Waals surface area contributed by atoms with Crippen LogP contribution in [0.15, 0.2) is 48.5 Å². The minimum atomic E-state index is -0.500. The lowest BCUT2D eigenvalue weighted by Crippen LogP contribution is -2.16. The van der Waals surface area contributed by atoms with E-state index in [1.54, 1.807) is 25.1 Å². The fourth-order valence-corrected chi connectivity index (χ4v) is 2.61. The third-order valence-corrected chi connectivity index (χ3v) is 3.93. The number of hydrogen-bond donors (Lipinski definition) is 2. The van der Waals surface area contributed by atoms with Gasteiger partial charge in [-0.1, -0.05) is 30.3 Å². The number of amides is 1. The maximum Gasteiger partial charge on any atom is 0.274 e. The van der Waals surface area contributed by atoms with Gasteiger partial charge in [0.25, 0.3) is 5.91 Å². The van der Waals surface area contributed by atoms with Gasteiger partial charge < -0.3 is 10.6 Å². The van der Waals surface area contributed by atoms with Crippen LogP contribution in [0.2, 0.25) is 0 Å². The normalized spacial score (nSPS) is 10.5. The van der Waals surface area contributed by atoms with Crippen molar-refractivity contribution in [3.63, 3.8) is 0 Å². The fraction of sp³-hybridized carbons (Fsp3) is 0.150. The average molecular weight is 350 g/mol. The molecule has 0 saturated carbocycles. The molecule has 0 aliphatic carbocycles. The van der Waals surface area contributed by atoms with E-state index < -0.39 is 11.7 Å². The van der Waals surface area contributed by atoms with Crippen molar-refractivity contribution in [1.29, 1.82) is 0 Å². The molecule has 0 saturated heterocycles. The Morgan fingerprint density at radius 3 is 2.35 bits per heavy atom. The van der Waals surface area contributed by atoms with Crippen LogP contribution < -0.4 is 10.6 Å². The van der Waals surface area contributed by atoms with Gasteiger partial charge >= 0.3 is 0 Å². The van der Waals surface area contributed by atoms with E-state index >= 15 is 0 Å². The standard InChI is InChI=1S/C20H19FN4O/c1-12-7-6-8-13(2)18(12)25-20-22-14(3)11-17(24-20)19(26)23-16-10-5-4-9-15(16)21/h4-11H,1-3H3,(H,23,26)(H,22,24,25). The summed E-state index contributed by atoms with van der Waals surface area (Å²) < 4.78 is 13.7. The molecule has 1 heterocycles. The van der Waals surface area contributed by atoms with Crippen LogP contribution >= 0.6 is 0 Å². The van der Waals surface area contributed by atoms with Gasteiger partial charge in [0.1, 0.15) is 11.5 Å². The first-order chi connectivity index (χ1) is 12.4. The Hall–Kier alpha value is -3.28. The Morgan fingerprint density at radius 2 is 1.65 bits per heavy atom. The van der Waals surface area contributed by atoms with Crippen LogP contribution in [0, 0.1) is 26.6 Å². The Bertz CT molecular complexity index is 952. The molecule has 0 fully saturated rings. The molecule has 0 radical (unpaired) electrons. The first kappa shape index (κ1) is 17.5. The van der Waals surface area contributed by atoms with Crippen molar-refractivity contribution in [2.75, 3.05) is 10.6 Å². The molecule has 6 heteroatoms. The highest BCUT2D eigenvalue weighted by atomic mass is 19.1. The zero-order valence-electron chi connectivity index (χ0n) is 14.8. The van der Waals surface area contributed by atoms with Gasteiger partial charge in [-0.05, 0) is 50.1 Å². The highest BCUT2D eigenvalue weighted by molar-refractivity contribution is 6.03. The van der Waals surface area contributed by atoms with E-state index in [0.717, 1.165) is 16.8 Å². The number of nitrogens with one attached hydrogen (secondary N) is 2. The van der Waals surface area contributed by atoms with Crippen molar-refractivity contribution in [3.8, 4) is 0 Å². The second kappa shape index (κ2) is 7.31. The number of anilines is 3. The molecule has 5 nitrogen and oxygen atoms in total. The van der Waals surface area contributed by atoms with Crippen LogP contribution in [0.5, 0.6) is 0 Å². The Morgan fingerprint density at radius 1 is 0.962 bits per heavy atom. The molecule has 0 bridgehead atoms. The van der Waals surface area contributed by atoms with Crippen molar-refractivity contribution in [2.24, 2.45) is 0 Å². The van der Waals surface area contributed by atoms with Crippen LogP contribution in [0.4, 0.5) is 21.7 Å². The third kappa shape index (κ3) is 3.85. The molecule has 0 atom stereocenters. The molecule has 2 N–H and O–H groups in total. The number of aryl methyl sites for hydroxylation is 3. The molecule has 0 unspecified atom stereocenters. The van der Waals surface area contributed by atoms with Crippen LogP contribution in [-0.4, -0.2) is 15.9 Å². The van der Waals surface area contributed by atoms with Gasteiger partial charge in [0.2, 0.25) is 5.95 Å². The predicted octanol–water partition coefficient (Wildman–Crippen LogP) is 4.54.